The second-order valence-corrected chi connectivity index (χ2v) is 5.93. The smallest absolute Gasteiger partial charge is 0.310 e. The summed E-state index contributed by atoms with van der Waals surface area (Å²) in [6, 6.07) is 10.3. The van der Waals surface area contributed by atoms with Crippen molar-refractivity contribution in [2.45, 2.75) is 32.4 Å². The Labute approximate surface area is 127 Å². The van der Waals surface area contributed by atoms with Gasteiger partial charge in [-0.2, -0.15) is 0 Å². The lowest BCUT2D eigenvalue weighted by molar-refractivity contribution is -0.150. The van der Waals surface area contributed by atoms with Crippen LogP contribution in [0.1, 0.15) is 25.3 Å². The first-order valence-corrected chi connectivity index (χ1v) is 7.78. The van der Waals surface area contributed by atoms with Crippen LogP contribution in [0, 0.1) is 5.92 Å². The van der Waals surface area contributed by atoms with E-state index < -0.39 is 0 Å². The van der Waals surface area contributed by atoms with E-state index >= 15 is 0 Å². The Morgan fingerprint density at radius 2 is 2.19 bits per heavy atom. The van der Waals surface area contributed by atoms with E-state index in [2.05, 4.69) is 17.3 Å². The highest BCUT2D eigenvalue weighted by Gasteiger charge is 2.22. The van der Waals surface area contributed by atoms with Gasteiger partial charge in [-0.25, -0.2) is 0 Å². The number of likely N-dealkylation sites (N-methyl/N-ethyl adjacent to an activating group) is 1. The molecule has 1 aromatic carbocycles. The third kappa shape index (κ3) is 5.14. The molecular weight excluding hydrogens is 264 g/mol. The van der Waals surface area contributed by atoms with Crippen LogP contribution in [-0.2, 0) is 16.1 Å². The molecule has 116 valence electrons. The van der Waals surface area contributed by atoms with E-state index in [1.54, 1.807) is 0 Å². The molecule has 1 aliphatic heterocycles. The molecule has 1 aromatic rings. The summed E-state index contributed by atoms with van der Waals surface area (Å²) in [7, 11) is 2.10. The van der Waals surface area contributed by atoms with E-state index in [0.29, 0.717) is 12.6 Å². The fourth-order valence-electron chi connectivity index (χ4n) is 2.74. The highest BCUT2D eigenvalue weighted by atomic mass is 16.5. The average molecular weight is 290 g/mol. The van der Waals surface area contributed by atoms with Crippen LogP contribution in [0.2, 0.25) is 0 Å². The van der Waals surface area contributed by atoms with Gasteiger partial charge in [0.1, 0.15) is 6.61 Å². The Bertz CT molecular complexity index is 430. The van der Waals surface area contributed by atoms with E-state index in [9.17, 15) is 4.79 Å². The van der Waals surface area contributed by atoms with Gasteiger partial charge in [-0.3, -0.25) is 4.79 Å². The lowest BCUT2D eigenvalue weighted by atomic mass is 10.0. The van der Waals surface area contributed by atoms with Gasteiger partial charge in [0.15, 0.2) is 0 Å². The largest absolute Gasteiger partial charge is 0.461 e. The molecule has 21 heavy (non-hydrogen) atoms. The Hall–Kier alpha value is -1.39. The maximum absolute atomic E-state index is 12.1. The van der Waals surface area contributed by atoms with Crippen molar-refractivity contribution in [3.8, 4) is 0 Å². The van der Waals surface area contributed by atoms with Crippen molar-refractivity contribution in [3.63, 3.8) is 0 Å². The molecule has 2 rings (SSSR count). The summed E-state index contributed by atoms with van der Waals surface area (Å²) in [4.78, 5) is 14.3. The van der Waals surface area contributed by atoms with Crippen molar-refractivity contribution >= 4 is 5.97 Å². The first-order chi connectivity index (χ1) is 10.2. The van der Waals surface area contributed by atoms with Crippen LogP contribution in [-0.4, -0.2) is 43.6 Å². The zero-order valence-electron chi connectivity index (χ0n) is 13.0. The third-order valence-electron chi connectivity index (χ3n) is 4.08. The summed E-state index contributed by atoms with van der Waals surface area (Å²) >= 11 is 0. The van der Waals surface area contributed by atoms with Crippen molar-refractivity contribution in [1.82, 2.24) is 10.2 Å². The minimum absolute atomic E-state index is 0.0966. The molecule has 2 unspecified atom stereocenters. The molecule has 0 amide bonds. The molecule has 0 aliphatic carbocycles. The second kappa shape index (κ2) is 8.15. The van der Waals surface area contributed by atoms with Crippen LogP contribution in [0.25, 0.3) is 0 Å². The number of piperidine rings is 1. The molecule has 1 saturated heterocycles. The predicted octanol–water partition coefficient (Wildman–Crippen LogP) is 2.05. The molecule has 0 bridgehead atoms. The lowest BCUT2D eigenvalue weighted by Gasteiger charge is -2.32. The number of nitrogens with one attached hydrogen (secondary N) is 1. The highest BCUT2D eigenvalue weighted by Crippen LogP contribution is 2.12. The first kappa shape index (κ1) is 16.0. The Morgan fingerprint density at radius 1 is 1.43 bits per heavy atom. The summed E-state index contributed by atoms with van der Waals surface area (Å²) in [5, 5.41) is 3.41. The summed E-state index contributed by atoms with van der Waals surface area (Å²) < 4.78 is 5.40. The standard InChI is InChI=1S/C17H26N2O2/c1-14(12-19(2)16-9-6-10-18-11-16)17(20)21-13-15-7-4-3-5-8-15/h3-5,7-8,14,16,18H,6,9-13H2,1-2H3. The summed E-state index contributed by atoms with van der Waals surface area (Å²) in [6.45, 7) is 5.18. The van der Waals surface area contributed by atoms with E-state index in [-0.39, 0.29) is 11.9 Å². The van der Waals surface area contributed by atoms with Gasteiger partial charge in [0.05, 0.1) is 5.92 Å². The SMILES string of the molecule is CC(CN(C)C1CCCNC1)C(=O)OCc1ccccc1. The van der Waals surface area contributed by atoms with Gasteiger partial charge in [0.25, 0.3) is 0 Å². The maximum Gasteiger partial charge on any atom is 0.310 e. The lowest BCUT2D eigenvalue weighted by Crippen LogP contribution is -2.46. The topological polar surface area (TPSA) is 41.6 Å². The van der Waals surface area contributed by atoms with E-state index in [1.807, 2.05) is 37.3 Å². The van der Waals surface area contributed by atoms with Crippen LogP contribution in [0.4, 0.5) is 0 Å². The van der Waals surface area contributed by atoms with Crippen molar-refractivity contribution in [1.29, 1.82) is 0 Å². The van der Waals surface area contributed by atoms with Gasteiger partial charge in [0, 0.05) is 19.1 Å². The maximum atomic E-state index is 12.1. The molecule has 1 aliphatic rings. The van der Waals surface area contributed by atoms with Gasteiger partial charge in [-0.1, -0.05) is 37.3 Å². The van der Waals surface area contributed by atoms with E-state index in [1.165, 1.54) is 12.8 Å². The molecular formula is C17H26N2O2. The van der Waals surface area contributed by atoms with Gasteiger partial charge in [-0.05, 0) is 32.0 Å². The number of benzene rings is 1. The number of nitrogens with zero attached hydrogens (tertiary/aromatic N) is 1. The molecule has 1 fully saturated rings. The normalized spacial score (nSPS) is 20.2. The molecule has 4 heteroatoms. The summed E-state index contributed by atoms with van der Waals surface area (Å²) in [5.41, 5.74) is 1.03. The quantitative estimate of drug-likeness (QED) is 0.814. The predicted molar refractivity (Wildman–Crippen MR) is 83.9 cm³/mol. The van der Waals surface area contributed by atoms with Crippen LogP contribution in [0.15, 0.2) is 30.3 Å². The van der Waals surface area contributed by atoms with Crippen LogP contribution in [0.5, 0.6) is 0 Å². The third-order valence-corrected chi connectivity index (χ3v) is 4.08. The van der Waals surface area contributed by atoms with Gasteiger partial charge < -0.3 is 15.0 Å². The number of ether oxygens (including phenoxy) is 1. The molecule has 2 atom stereocenters. The molecule has 4 nitrogen and oxygen atoms in total. The average Bonchev–Trinajstić information content (AvgIpc) is 2.54. The van der Waals surface area contributed by atoms with Crippen molar-refractivity contribution < 1.29 is 9.53 Å². The highest BCUT2D eigenvalue weighted by molar-refractivity contribution is 5.72. The Morgan fingerprint density at radius 3 is 2.86 bits per heavy atom. The first-order valence-electron chi connectivity index (χ1n) is 7.78. The number of hydrogen-bond donors (Lipinski definition) is 1. The number of hydrogen-bond acceptors (Lipinski definition) is 4. The molecule has 0 radical (unpaired) electrons. The van der Waals surface area contributed by atoms with E-state index in [0.717, 1.165) is 25.2 Å². The summed E-state index contributed by atoms with van der Waals surface area (Å²) in [5.74, 6) is -0.213. The van der Waals surface area contributed by atoms with Gasteiger partial charge in [-0.15, -0.1) is 0 Å². The minimum atomic E-state index is -0.116. The van der Waals surface area contributed by atoms with Crippen LogP contribution < -0.4 is 5.32 Å². The monoisotopic (exact) mass is 290 g/mol. The Kier molecular flexibility index (Phi) is 6.21. The summed E-state index contributed by atoms with van der Waals surface area (Å²) in [6.07, 6.45) is 2.41. The number of rotatable bonds is 6. The number of esters is 1. The van der Waals surface area contributed by atoms with Crippen LogP contribution >= 0.6 is 0 Å². The van der Waals surface area contributed by atoms with Gasteiger partial charge >= 0.3 is 5.97 Å². The second-order valence-electron chi connectivity index (χ2n) is 5.93. The minimum Gasteiger partial charge on any atom is -0.461 e. The fraction of sp³-hybridized carbons (Fsp3) is 0.588. The van der Waals surface area contributed by atoms with Crippen molar-refractivity contribution in [3.05, 3.63) is 35.9 Å². The van der Waals surface area contributed by atoms with Crippen molar-refractivity contribution in [2.24, 2.45) is 5.92 Å². The zero-order valence-corrected chi connectivity index (χ0v) is 13.0. The number of carbonyl (C=O) groups excluding carboxylic acids is 1. The molecule has 1 N–H and O–H groups in total. The van der Waals surface area contributed by atoms with Crippen LogP contribution in [0.3, 0.4) is 0 Å². The molecule has 1 heterocycles. The van der Waals surface area contributed by atoms with Crippen molar-refractivity contribution in [2.75, 3.05) is 26.7 Å². The fourth-order valence-corrected chi connectivity index (χ4v) is 2.74. The Balaban J connectivity index is 1.74. The van der Waals surface area contributed by atoms with Gasteiger partial charge in [0.2, 0.25) is 0 Å². The zero-order chi connectivity index (χ0) is 15.1. The van der Waals surface area contributed by atoms with E-state index in [4.69, 9.17) is 4.74 Å². The molecule has 0 spiro atoms. The number of carbonyl (C=O) groups is 1. The molecule has 0 aromatic heterocycles. The molecule has 0 saturated carbocycles.